The topological polar surface area (TPSA) is 122 Å². The Hall–Kier alpha value is -3.51. The molecule has 2 aromatic rings. The molecule has 0 radical (unpaired) electrons. The number of aromatic nitrogens is 2. The first-order chi connectivity index (χ1) is 16.7. The Morgan fingerprint density at radius 1 is 1.17 bits per heavy atom. The number of rotatable bonds is 5. The van der Waals surface area contributed by atoms with Crippen LogP contribution in [0.5, 0.6) is 0 Å². The molecule has 5 rings (SSSR count). The predicted molar refractivity (Wildman–Crippen MR) is 130 cm³/mol. The van der Waals surface area contributed by atoms with Crippen molar-refractivity contribution in [1.29, 1.82) is 5.26 Å². The van der Waals surface area contributed by atoms with E-state index in [9.17, 15) is 20.0 Å². The second-order valence-corrected chi connectivity index (χ2v) is 10.3. The van der Waals surface area contributed by atoms with Gasteiger partial charge >= 0.3 is 0 Å². The summed E-state index contributed by atoms with van der Waals surface area (Å²) in [6, 6.07) is 7.68. The molecule has 1 aliphatic carbocycles. The number of nitriles is 1. The van der Waals surface area contributed by atoms with E-state index in [1.165, 1.54) is 0 Å². The number of nitrogens with zero attached hydrogens (tertiary/aromatic N) is 5. The lowest BCUT2D eigenvalue weighted by Gasteiger charge is -2.36. The number of pyridine rings is 2. The van der Waals surface area contributed by atoms with Crippen molar-refractivity contribution in [1.82, 2.24) is 14.9 Å². The average Bonchev–Trinajstić information content (AvgIpc) is 3.63. The highest BCUT2D eigenvalue weighted by molar-refractivity contribution is 6.02. The quantitative estimate of drug-likeness (QED) is 0.682. The zero-order valence-corrected chi connectivity index (χ0v) is 20.1. The van der Waals surface area contributed by atoms with E-state index in [1.54, 1.807) is 47.3 Å². The van der Waals surface area contributed by atoms with Crippen LogP contribution in [-0.2, 0) is 4.79 Å². The van der Waals surface area contributed by atoms with Gasteiger partial charge in [-0.25, -0.2) is 9.97 Å². The van der Waals surface area contributed by atoms with E-state index in [0.717, 1.165) is 18.4 Å². The third-order valence-corrected chi connectivity index (χ3v) is 7.61. The van der Waals surface area contributed by atoms with Gasteiger partial charge in [-0.15, -0.1) is 0 Å². The molecular formula is C26H30N6O3. The van der Waals surface area contributed by atoms with Crippen LogP contribution in [0.2, 0.25) is 0 Å². The molecule has 2 saturated heterocycles. The van der Waals surface area contributed by atoms with Crippen molar-refractivity contribution in [2.24, 2.45) is 11.3 Å². The lowest BCUT2D eigenvalue weighted by molar-refractivity contribution is -0.123. The Morgan fingerprint density at radius 3 is 2.54 bits per heavy atom. The maximum absolute atomic E-state index is 13.1. The molecule has 9 heteroatoms. The largest absolute Gasteiger partial charge is 0.390 e. The molecule has 182 valence electrons. The molecule has 35 heavy (non-hydrogen) atoms. The Morgan fingerprint density at radius 2 is 1.89 bits per heavy atom. The lowest BCUT2D eigenvalue weighted by atomic mass is 9.83. The summed E-state index contributed by atoms with van der Waals surface area (Å²) < 4.78 is 0. The van der Waals surface area contributed by atoms with Crippen LogP contribution in [0.15, 0.2) is 30.6 Å². The summed E-state index contributed by atoms with van der Waals surface area (Å²) in [6.07, 6.45) is 6.76. The van der Waals surface area contributed by atoms with Crippen LogP contribution < -0.4 is 10.2 Å². The minimum Gasteiger partial charge on any atom is -0.390 e. The number of likely N-dealkylation sites (tertiary alicyclic amines) is 1. The number of carbonyl (C=O) groups excluding carboxylic acids is 2. The third kappa shape index (κ3) is 4.34. The van der Waals surface area contributed by atoms with Gasteiger partial charge in [0, 0.05) is 43.8 Å². The predicted octanol–water partition coefficient (Wildman–Crippen LogP) is 3.17. The lowest BCUT2D eigenvalue weighted by Crippen LogP contribution is -2.45. The van der Waals surface area contributed by atoms with E-state index in [1.807, 2.05) is 6.92 Å². The van der Waals surface area contributed by atoms with Gasteiger partial charge in [-0.2, -0.15) is 5.26 Å². The molecule has 3 aliphatic rings. The molecule has 0 aromatic carbocycles. The number of aliphatic hydroxyl groups is 1. The molecule has 2 aliphatic heterocycles. The monoisotopic (exact) mass is 474 g/mol. The van der Waals surface area contributed by atoms with Crippen LogP contribution >= 0.6 is 0 Å². The SMILES string of the molecule is Cc1cc(Nc2cc(N3CC[C@@](C#N)(C4CC4)C3=O)ccn2)ncc1C(=O)N1CCC(C)(O)CC1. The molecular weight excluding hydrogens is 444 g/mol. The van der Waals surface area contributed by atoms with Gasteiger partial charge in [-0.05, 0) is 69.6 Å². The first-order valence-electron chi connectivity index (χ1n) is 12.2. The minimum absolute atomic E-state index is 0.0821. The van der Waals surface area contributed by atoms with Crippen LogP contribution in [0.1, 0.15) is 54.9 Å². The molecule has 0 bridgehead atoms. The number of piperidine rings is 1. The molecule has 2 aromatic heterocycles. The summed E-state index contributed by atoms with van der Waals surface area (Å²) >= 11 is 0. The van der Waals surface area contributed by atoms with Crippen molar-refractivity contribution in [2.75, 3.05) is 29.9 Å². The molecule has 1 saturated carbocycles. The summed E-state index contributed by atoms with van der Waals surface area (Å²) in [6.45, 7) is 5.23. The number of hydrogen-bond acceptors (Lipinski definition) is 7. The zero-order valence-electron chi connectivity index (χ0n) is 20.1. The van der Waals surface area contributed by atoms with Crippen LogP contribution in [0.3, 0.4) is 0 Å². The summed E-state index contributed by atoms with van der Waals surface area (Å²) in [5, 5.41) is 23.0. The smallest absolute Gasteiger partial charge is 0.255 e. The number of amides is 2. The van der Waals surface area contributed by atoms with Crippen molar-refractivity contribution >= 4 is 29.1 Å². The number of carbonyl (C=O) groups is 2. The van der Waals surface area contributed by atoms with Crippen LogP contribution in [-0.4, -0.2) is 57.0 Å². The van der Waals surface area contributed by atoms with Gasteiger partial charge in [0.15, 0.2) is 0 Å². The molecule has 4 heterocycles. The summed E-state index contributed by atoms with van der Waals surface area (Å²) in [5.41, 5.74) is 0.429. The molecule has 2 N–H and O–H groups in total. The van der Waals surface area contributed by atoms with Gasteiger partial charge in [0.05, 0.1) is 17.2 Å². The Balaban J connectivity index is 1.29. The van der Waals surface area contributed by atoms with Crippen LogP contribution in [0.4, 0.5) is 17.3 Å². The van der Waals surface area contributed by atoms with Gasteiger partial charge < -0.3 is 20.2 Å². The second-order valence-electron chi connectivity index (χ2n) is 10.3. The van der Waals surface area contributed by atoms with E-state index < -0.39 is 11.0 Å². The normalized spacial score (nSPS) is 23.8. The number of nitrogens with one attached hydrogen (secondary N) is 1. The molecule has 2 amide bonds. The standard InChI is InChI=1S/C26H30N6O3/c1-17-13-21(29-15-20(17)23(33)31-10-6-25(2,35)7-11-31)30-22-14-19(5-9-28-22)32-12-8-26(16-27,24(32)34)18-3-4-18/h5,9,13-15,18,35H,3-4,6-8,10-12H2,1-2H3,(H,28,29,30)/t26-/m1/s1. The Kier molecular flexibility index (Phi) is 5.72. The van der Waals surface area contributed by atoms with E-state index in [0.29, 0.717) is 61.8 Å². The maximum Gasteiger partial charge on any atom is 0.255 e. The Labute approximate surface area is 204 Å². The highest BCUT2D eigenvalue weighted by Crippen LogP contribution is 2.51. The van der Waals surface area contributed by atoms with E-state index >= 15 is 0 Å². The van der Waals surface area contributed by atoms with Crippen molar-refractivity contribution in [2.45, 2.75) is 51.6 Å². The molecule has 3 fully saturated rings. The van der Waals surface area contributed by atoms with Gasteiger partial charge in [-0.1, -0.05) is 0 Å². The second kappa shape index (κ2) is 8.61. The summed E-state index contributed by atoms with van der Waals surface area (Å²) in [5.74, 6) is 1.05. The van der Waals surface area contributed by atoms with Gasteiger partial charge in [-0.3, -0.25) is 9.59 Å². The first kappa shape index (κ1) is 23.2. The van der Waals surface area contributed by atoms with Crippen molar-refractivity contribution in [3.63, 3.8) is 0 Å². The third-order valence-electron chi connectivity index (χ3n) is 7.61. The minimum atomic E-state index is -0.887. The highest BCUT2D eigenvalue weighted by Gasteiger charge is 2.56. The highest BCUT2D eigenvalue weighted by atomic mass is 16.3. The van der Waals surface area contributed by atoms with Gasteiger partial charge in [0.25, 0.3) is 5.91 Å². The molecule has 1 atom stereocenters. The van der Waals surface area contributed by atoms with Gasteiger partial charge in [0.1, 0.15) is 17.1 Å². The number of aryl methyl sites for hydroxylation is 1. The van der Waals surface area contributed by atoms with Crippen LogP contribution in [0.25, 0.3) is 0 Å². The summed E-state index contributed by atoms with van der Waals surface area (Å²) in [4.78, 5) is 38.3. The van der Waals surface area contributed by atoms with Crippen molar-refractivity contribution < 1.29 is 14.7 Å². The van der Waals surface area contributed by atoms with Crippen molar-refractivity contribution in [3.8, 4) is 6.07 Å². The first-order valence-corrected chi connectivity index (χ1v) is 12.2. The fourth-order valence-electron chi connectivity index (χ4n) is 5.13. The van der Waals surface area contributed by atoms with E-state index in [-0.39, 0.29) is 17.7 Å². The number of anilines is 3. The molecule has 9 nitrogen and oxygen atoms in total. The molecule has 0 spiro atoms. The zero-order chi connectivity index (χ0) is 24.8. The van der Waals surface area contributed by atoms with E-state index in [4.69, 9.17) is 0 Å². The maximum atomic E-state index is 13.1. The summed E-state index contributed by atoms with van der Waals surface area (Å²) in [7, 11) is 0. The van der Waals surface area contributed by atoms with Crippen LogP contribution in [0, 0.1) is 29.6 Å². The fourth-order valence-corrected chi connectivity index (χ4v) is 5.13. The Bertz CT molecular complexity index is 1210. The van der Waals surface area contributed by atoms with Gasteiger partial charge in [0.2, 0.25) is 5.91 Å². The number of hydrogen-bond donors (Lipinski definition) is 2. The van der Waals surface area contributed by atoms with E-state index in [2.05, 4.69) is 21.4 Å². The van der Waals surface area contributed by atoms with Crippen molar-refractivity contribution in [3.05, 3.63) is 41.7 Å². The molecule has 0 unspecified atom stereocenters. The average molecular weight is 475 g/mol. The fraction of sp³-hybridized carbons (Fsp3) is 0.500.